The van der Waals surface area contributed by atoms with E-state index in [2.05, 4.69) is 34.6 Å². The summed E-state index contributed by atoms with van der Waals surface area (Å²) in [5.41, 5.74) is 0.307. The van der Waals surface area contributed by atoms with Gasteiger partial charge in [-0.05, 0) is 31.6 Å². The van der Waals surface area contributed by atoms with Crippen LogP contribution in [0, 0.1) is 11.3 Å². The monoisotopic (exact) mass is 314 g/mol. The van der Waals surface area contributed by atoms with Gasteiger partial charge in [-0.15, -0.1) is 0 Å². The lowest BCUT2D eigenvalue weighted by atomic mass is 9.81. The van der Waals surface area contributed by atoms with Gasteiger partial charge in [0, 0.05) is 18.6 Å². The Labute approximate surface area is 140 Å². The highest BCUT2D eigenvalue weighted by molar-refractivity contribution is 4.80. The molecule has 2 unspecified atom stereocenters. The molecule has 134 valence electrons. The maximum atomic E-state index is 6.04. The molecule has 0 N–H and O–H groups in total. The molecule has 1 rings (SSSR count). The van der Waals surface area contributed by atoms with E-state index in [-0.39, 0.29) is 0 Å². The van der Waals surface area contributed by atoms with E-state index in [1.54, 1.807) is 0 Å². The fourth-order valence-electron chi connectivity index (χ4n) is 2.75. The second kappa shape index (κ2) is 14.5. The van der Waals surface area contributed by atoms with Crippen LogP contribution in [0.2, 0.25) is 0 Å². The van der Waals surface area contributed by atoms with Crippen LogP contribution in [-0.4, -0.2) is 26.4 Å². The summed E-state index contributed by atoms with van der Waals surface area (Å²) in [6.07, 6.45) is 11.5. The van der Waals surface area contributed by atoms with E-state index in [9.17, 15) is 0 Å². The Morgan fingerprint density at radius 2 is 1.77 bits per heavy atom. The molecule has 0 amide bonds. The third kappa shape index (κ3) is 9.84. The second-order valence-electron chi connectivity index (χ2n) is 6.94. The highest BCUT2D eigenvalue weighted by atomic mass is 16.5. The van der Waals surface area contributed by atoms with Crippen molar-refractivity contribution in [2.75, 3.05) is 26.4 Å². The largest absolute Gasteiger partial charge is 0.381 e. The Balaban J connectivity index is 0.000000980. The van der Waals surface area contributed by atoms with Crippen molar-refractivity contribution in [3.05, 3.63) is 0 Å². The molecule has 0 aromatic carbocycles. The topological polar surface area (TPSA) is 18.5 Å². The van der Waals surface area contributed by atoms with Crippen LogP contribution in [0.15, 0.2) is 0 Å². The first kappa shape index (κ1) is 21.9. The van der Waals surface area contributed by atoms with E-state index in [1.165, 1.54) is 57.8 Å². The Morgan fingerprint density at radius 3 is 2.23 bits per heavy atom. The minimum Gasteiger partial charge on any atom is -0.381 e. The molecular formula is C20H42O2. The number of unbranched alkanes of at least 4 members (excludes halogenated alkanes) is 2. The number of rotatable bonds is 10. The maximum Gasteiger partial charge on any atom is 0.0544 e. The third-order valence-electron chi connectivity index (χ3n) is 4.96. The maximum absolute atomic E-state index is 6.04. The molecule has 0 aliphatic carbocycles. The molecule has 0 aromatic heterocycles. The Bertz CT molecular complexity index is 220. The van der Waals surface area contributed by atoms with E-state index in [0.717, 1.165) is 32.3 Å². The molecule has 1 aliphatic rings. The molecule has 2 heteroatoms. The average molecular weight is 315 g/mol. The summed E-state index contributed by atoms with van der Waals surface area (Å²) in [6.45, 7) is 14.9. The van der Waals surface area contributed by atoms with Crippen molar-refractivity contribution in [2.24, 2.45) is 11.3 Å². The molecule has 2 atom stereocenters. The van der Waals surface area contributed by atoms with Gasteiger partial charge in [-0.2, -0.15) is 0 Å². The number of ether oxygens (including phenoxy) is 2. The van der Waals surface area contributed by atoms with Gasteiger partial charge in [-0.1, -0.05) is 66.7 Å². The van der Waals surface area contributed by atoms with Crippen molar-refractivity contribution in [3.63, 3.8) is 0 Å². The van der Waals surface area contributed by atoms with Crippen LogP contribution in [0.5, 0.6) is 0 Å². The molecular weight excluding hydrogens is 272 g/mol. The quantitative estimate of drug-likeness (QED) is 0.475. The zero-order valence-electron chi connectivity index (χ0n) is 16.1. The molecule has 0 saturated carbocycles. The van der Waals surface area contributed by atoms with Crippen LogP contribution in [-0.2, 0) is 9.47 Å². The summed E-state index contributed by atoms with van der Waals surface area (Å²) in [5.74, 6) is 0.753. The smallest absolute Gasteiger partial charge is 0.0544 e. The van der Waals surface area contributed by atoms with Crippen molar-refractivity contribution >= 4 is 0 Å². The van der Waals surface area contributed by atoms with Gasteiger partial charge in [-0.25, -0.2) is 0 Å². The minimum atomic E-state index is 0.307. The summed E-state index contributed by atoms with van der Waals surface area (Å²) in [7, 11) is 0. The number of hydrogen-bond donors (Lipinski definition) is 0. The van der Waals surface area contributed by atoms with E-state index in [1.807, 2.05) is 0 Å². The lowest BCUT2D eigenvalue weighted by Gasteiger charge is -2.36. The van der Waals surface area contributed by atoms with E-state index >= 15 is 0 Å². The van der Waals surface area contributed by atoms with Crippen molar-refractivity contribution in [1.82, 2.24) is 0 Å². The Hall–Kier alpha value is -0.0800. The zero-order valence-corrected chi connectivity index (χ0v) is 16.1. The first-order valence-corrected chi connectivity index (χ1v) is 9.83. The molecule has 0 bridgehead atoms. The van der Waals surface area contributed by atoms with E-state index in [4.69, 9.17) is 9.47 Å². The Kier molecular flexibility index (Phi) is 14.5. The first-order valence-electron chi connectivity index (χ1n) is 9.83. The molecule has 1 saturated heterocycles. The Morgan fingerprint density at radius 1 is 1.05 bits per heavy atom. The van der Waals surface area contributed by atoms with Gasteiger partial charge in [0.1, 0.15) is 0 Å². The fourth-order valence-corrected chi connectivity index (χ4v) is 2.75. The lowest BCUT2D eigenvalue weighted by Crippen LogP contribution is -2.36. The molecule has 22 heavy (non-hydrogen) atoms. The van der Waals surface area contributed by atoms with Gasteiger partial charge < -0.3 is 9.47 Å². The second-order valence-corrected chi connectivity index (χ2v) is 6.94. The predicted octanol–water partition coefficient (Wildman–Crippen LogP) is 6.23. The lowest BCUT2D eigenvalue weighted by molar-refractivity contribution is -0.0669. The van der Waals surface area contributed by atoms with Gasteiger partial charge in [0.05, 0.1) is 13.2 Å². The standard InChI is InChI=1S/C16H32O2.C4H10/c1-4-7-9-15(5-2)12-18-14-16(6-3)10-8-11-17-13-16;1-3-4-2/h15H,4-14H2,1-3H3;3-4H2,1-2H3. The third-order valence-corrected chi connectivity index (χ3v) is 4.96. The van der Waals surface area contributed by atoms with Crippen molar-refractivity contribution in [2.45, 2.75) is 92.4 Å². The van der Waals surface area contributed by atoms with Gasteiger partial charge >= 0.3 is 0 Å². The molecule has 0 aromatic rings. The van der Waals surface area contributed by atoms with Crippen LogP contribution >= 0.6 is 0 Å². The van der Waals surface area contributed by atoms with Crippen LogP contribution < -0.4 is 0 Å². The van der Waals surface area contributed by atoms with Crippen LogP contribution in [0.4, 0.5) is 0 Å². The van der Waals surface area contributed by atoms with Crippen molar-refractivity contribution < 1.29 is 9.47 Å². The van der Waals surface area contributed by atoms with Crippen LogP contribution in [0.25, 0.3) is 0 Å². The molecule has 1 aliphatic heterocycles. The molecule has 0 spiro atoms. The van der Waals surface area contributed by atoms with Gasteiger partial charge in [0.2, 0.25) is 0 Å². The summed E-state index contributed by atoms with van der Waals surface area (Å²) < 4.78 is 11.7. The van der Waals surface area contributed by atoms with Gasteiger partial charge in [-0.3, -0.25) is 0 Å². The summed E-state index contributed by atoms with van der Waals surface area (Å²) in [6, 6.07) is 0. The van der Waals surface area contributed by atoms with Crippen LogP contribution in [0.1, 0.15) is 92.4 Å². The van der Waals surface area contributed by atoms with E-state index < -0.39 is 0 Å². The normalized spacial score (nSPS) is 22.8. The van der Waals surface area contributed by atoms with E-state index in [0.29, 0.717) is 5.41 Å². The SMILES string of the molecule is CCCC.CCCCC(CC)COCC1(CC)CCCOC1. The predicted molar refractivity (Wildman–Crippen MR) is 97.5 cm³/mol. The van der Waals surface area contributed by atoms with Crippen molar-refractivity contribution in [1.29, 1.82) is 0 Å². The molecule has 0 radical (unpaired) electrons. The number of hydrogen-bond acceptors (Lipinski definition) is 2. The van der Waals surface area contributed by atoms with Gasteiger partial charge in [0.25, 0.3) is 0 Å². The fraction of sp³-hybridized carbons (Fsp3) is 1.00. The summed E-state index contributed by atoms with van der Waals surface area (Å²) in [4.78, 5) is 0. The summed E-state index contributed by atoms with van der Waals surface area (Å²) in [5, 5.41) is 0. The van der Waals surface area contributed by atoms with Gasteiger partial charge in [0.15, 0.2) is 0 Å². The first-order chi connectivity index (χ1) is 10.7. The zero-order chi connectivity index (χ0) is 16.7. The highest BCUT2D eigenvalue weighted by Gasteiger charge is 2.31. The highest BCUT2D eigenvalue weighted by Crippen LogP contribution is 2.32. The minimum absolute atomic E-state index is 0.307. The van der Waals surface area contributed by atoms with Crippen molar-refractivity contribution in [3.8, 4) is 0 Å². The summed E-state index contributed by atoms with van der Waals surface area (Å²) >= 11 is 0. The average Bonchev–Trinajstić information content (AvgIpc) is 2.59. The molecule has 2 nitrogen and oxygen atoms in total. The molecule has 1 heterocycles. The van der Waals surface area contributed by atoms with Crippen LogP contribution in [0.3, 0.4) is 0 Å². The molecule has 1 fully saturated rings.